The van der Waals surface area contributed by atoms with Crippen LogP contribution >= 0.6 is 50.7 Å². The molecule has 0 radical (unpaired) electrons. The van der Waals surface area contributed by atoms with Crippen molar-refractivity contribution in [2.24, 2.45) is 0 Å². The van der Waals surface area contributed by atoms with Gasteiger partial charge in [-0.15, -0.1) is 0 Å². The predicted molar refractivity (Wildman–Crippen MR) is 151 cm³/mol. The molecular weight excluding hydrogens is 662 g/mol. The monoisotopic (exact) mass is 680 g/mol. The van der Waals surface area contributed by atoms with E-state index in [4.69, 9.17) is 21.7 Å². The summed E-state index contributed by atoms with van der Waals surface area (Å²) in [4.78, 5) is 26.8. The van der Waals surface area contributed by atoms with E-state index in [-0.39, 0.29) is 16.4 Å². The third-order valence-corrected chi connectivity index (χ3v) is 6.73. The third kappa shape index (κ3) is 5.76. The Morgan fingerprint density at radius 1 is 1.11 bits per heavy atom. The van der Waals surface area contributed by atoms with Gasteiger partial charge in [0, 0.05) is 3.57 Å². The van der Waals surface area contributed by atoms with Gasteiger partial charge in [0.25, 0.3) is 11.8 Å². The minimum Gasteiger partial charge on any atom is -0.490 e. The van der Waals surface area contributed by atoms with Gasteiger partial charge in [0.1, 0.15) is 18.0 Å². The highest BCUT2D eigenvalue weighted by molar-refractivity contribution is 14.1. The fourth-order valence-corrected chi connectivity index (χ4v) is 4.69. The molecule has 10 heteroatoms. The van der Waals surface area contributed by atoms with Crippen LogP contribution in [0.4, 0.5) is 10.1 Å². The SMILES string of the molecule is CCOc1cc(/C=C2\C(=O)NC(=S)N(c3ccccc3F)C2=O)cc(Br)c1OCc1ccc(I)cc1. The zero-order valence-corrected chi connectivity index (χ0v) is 23.4. The number of rotatable bonds is 7. The second-order valence-corrected chi connectivity index (χ2v) is 10.1. The molecule has 6 nitrogen and oxygen atoms in total. The normalized spacial score (nSPS) is 14.7. The average Bonchev–Trinajstić information content (AvgIpc) is 2.83. The molecule has 0 aliphatic carbocycles. The Bertz CT molecular complexity index is 1380. The maximum absolute atomic E-state index is 14.4. The first-order valence-corrected chi connectivity index (χ1v) is 13.1. The predicted octanol–water partition coefficient (Wildman–Crippen LogP) is 6.00. The van der Waals surface area contributed by atoms with Crippen molar-refractivity contribution >= 4 is 79.4 Å². The van der Waals surface area contributed by atoms with Gasteiger partial charge in [-0.2, -0.15) is 0 Å². The Balaban J connectivity index is 1.66. The molecule has 0 bridgehead atoms. The molecule has 1 aliphatic heterocycles. The lowest BCUT2D eigenvalue weighted by Crippen LogP contribution is -2.54. The number of benzene rings is 3. The molecule has 0 atom stereocenters. The summed E-state index contributed by atoms with van der Waals surface area (Å²) in [6.07, 6.45) is 1.41. The Labute approximate surface area is 234 Å². The number of nitrogens with one attached hydrogen (secondary N) is 1. The lowest BCUT2D eigenvalue weighted by molar-refractivity contribution is -0.122. The summed E-state index contributed by atoms with van der Waals surface area (Å²) in [5, 5.41) is 2.27. The van der Waals surface area contributed by atoms with Crippen LogP contribution in [0.3, 0.4) is 0 Å². The first-order valence-electron chi connectivity index (χ1n) is 10.8. The van der Waals surface area contributed by atoms with E-state index in [0.717, 1.165) is 14.0 Å². The number of hydrogen-bond donors (Lipinski definition) is 1. The fraction of sp³-hybridized carbons (Fsp3) is 0.115. The quantitative estimate of drug-likeness (QED) is 0.144. The molecule has 3 aromatic carbocycles. The minimum absolute atomic E-state index is 0.0473. The van der Waals surface area contributed by atoms with Gasteiger partial charge in [0.15, 0.2) is 16.6 Å². The maximum Gasteiger partial charge on any atom is 0.270 e. The topological polar surface area (TPSA) is 67.9 Å². The molecule has 1 saturated heterocycles. The number of halogens is 3. The highest BCUT2D eigenvalue weighted by Gasteiger charge is 2.35. The van der Waals surface area contributed by atoms with Gasteiger partial charge in [-0.3, -0.25) is 14.9 Å². The van der Waals surface area contributed by atoms with Gasteiger partial charge >= 0.3 is 0 Å². The van der Waals surface area contributed by atoms with Crippen molar-refractivity contribution in [1.29, 1.82) is 0 Å². The van der Waals surface area contributed by atoms with E-state index >= 15 is 0 Å². The second kappa shape index (κ2) is 11.5. The summed E-state index contributed by atoms with van der Waals surface area (Å²) >= 11 is 10.9. The molecule has 0 aromatic heterocycles. The van der Waals surface area contributed by atoms with Gasteiger partial charge in [0.2, 0.25) is 0 Å². The molecule has 1 aliphatic rings. The van der Waals surface area contributed by atoms with Crippen molar-refractivity contribution in [3.05, 3.63) is 91.2 Å². The van der Waals surface area contributed by atoms with Crippen molar-refractivity contribution in [2.45, 2.75) is 13.5 Å². The minimum atomic E-state index is -0.734. The van der Waals surface area contributed by atoms with Crippen molar-refractivity contribution in [2.75, 3.05) is 11.5 Å². The highest BCUT2D eigenvalue weighted by Crippen LogP contribution is 2.38. The number of hydrogen-bond acceptors (Lipinski definition) is 5. The van der Waals surface area contributed by atoms with Gasteiger partial charge in [-0.25, -0.2) is 9.29 Å². The number of amides is 2. The second-order valence-electron chi connectivity index (χ2n) is 7.59. The zero-order chi connectivity index (χ0) is 25.8. The average molecular weight is 681 g/mol. The lowest BCUT2D eigenvalue weighted by atomic mass is 10.1. The molecule has 1 N–H and O–H groups in total. The van der Waals surface area contributed by atoms with Crippen LogP contribution in [0.25, 0.3) is 6.08 Å². The fourth-order valence-electron chi connectivity index (χ4n) is 3.49. The summed E-state index contributed by atoms with van der Waals surface area (Å²) < 4.78 is 27.9. The Hall–Kier alpha value is -2.83. The summed E-state index contributed by atoms with van der Waals surface area (Å²) in [5.74, 6) is -1.12. The molecule has 3 aromatic rings. The van der Waals surface area contributed by atoms with Crippen LogP contribution in [0.2, 0.25) is 0 Å². The maximum atomic E-state index is 14.4. The Morgan fingerprint density at radius 2 is 1.83 bits per heavy atom. The molecule has 36 heavy (non-hydrogen) atoms. The number of thiocarbonyl (C=S) groups is 1. The van der Waals surface area contributed by atoms with Crippen molar-refractivity contribution in [3.63, 3.8) is 0 Å². The van der Waals surface area contributed by atoms with Crippen LogP contribution in [0.5, 0.6) is 11.5 Å². The molecule has 0 spiro atoms. The van der Waals surface area contributed by atoms with Crippen LogP contribution in [0, 0.1) is 9.39 Å². The Kier molecular flexibility index (Phi) is 8.37. The largest absolute Gasteiger partial charge is 0.490 e. The summed E-state index contributed by atoms with van der Waals surface area (Å²) in [6, 6.07) is 17.0. The van der Waals surface area contributed by atoms with Crippen molar-refractivity contribution < 1.29 is 23.5 Å². The number of carbonyl (C=O) groups excluding carboxylic acids is 2. The van der Waals surface area contributed by atoms with Crippen molar-refractivity contribution in [3.8, 4) is 11.5 Å². The first-order chi connectivity index (χ1) is 17.3. The van der Waals surface area contributed by atoms with E-state index < -0.39 is 17.6 Å². The standard InChI is InChI=1S/C26H19BrFIN2O4S/c1-2-34-22-13-16(12-19(27)23(22)35-14-15-7-9-17(29)10-8-15)11-18-24(32)30-26(36)31(25(18)33)21-6-4-3-5-20(21)28/h3-13H,2,14H2,1H3,(H,30,32,36)/b18-11+. The summed E-state index contributed by atoms with van der Waals surface area (Å²) in [5.41, 5.74) is 1.25. The smallest absolute Gasteiger partial charge is 0.270 e. The van der Waals surface area contributed by atoms with Crippen LogP contribution < -0.4 is 19.7 Å². The van der Waals surface area contributed by atoms with Crippen molar-refractivity contribution in [1.82, 2.24) is 5.32 Å². The Morgan fingerprint density at radius 3 is 2.53 bits per heavy atom. The third-order valence-electron chi connectivity index (χ3n) is 5.13. The lowest BCUT2D eigenvalue weighted by Gasteiger charge is -2.29. The van der Waals surface area contributed by atoms with E-state index in [2.05, 4.69) is 43.8 Å². The molecular formula is C26H19BrFIN2O4S. The molecule has 0 saturated carbocycles. The van der Waals surface area contributed by atoms with Crippen LogP contribution in [-0.2, 0) is 16.2 Å². The van der Waals surface area contributed by atoms with Gasteiger partial charge in [0.05, 0.1) is 16.8 Å². The van der Waals surface area contributed by atoms with Gasteiger partial charge in [-0.05, 0) is 111 Å². The summed E-state index contributed by atoms with van der Waals surface area (Å²) in [6.45, 7) is 2.54. The van der Waals surface area contributed by atoms with E-state index in [1.54, 1.807) is 18.2 Å². The molecule has 1 heterocycles. The first kappa shape index (κ1) is 26.2. The van der Waals surface area contributed by atoms with Gasteiger partial charge in [-0.1, -0.05) is 24.3 Å². The number of anilines is 1. The van der Waals surface area contributed by atoms with Gasteiger partial charge < -0.3 is 9.47 Å². The number of nitrogens with zero attached hydrogens (tertiary/aromatic N) is 1. The molecule has 0 unspecified atom stereocenters. The molecule has 184 valence electrons. The van der Waals surface area contributed by atoms with Crippen LogP contribution in [-0.4, -0.2) is 23.5 Å². The molecule has 4 rings (SSSR count). The van der Waals surface area contributed by atoms with E-state index in [9.17, 15) is 14.0 Å². The van der Waals surface area contributed by atoms with E-state index in [0.29, 0.717) is 34.7 Å². The van der Waals surface area contributed by atoms with E-state index in [1.165, 1.54) is 24.3 Å². The number of ether oxygens (including phenoxy) is 2. The summed E-state index contributed by atoms with van der Waals surface area (Å²) in [7, 11) is 0. The zero-order valence-electron chi connectivity index (χ0n) is 18.9. The number of carbonyl (C=O) groups is 2. The molecule has 2 amide bonds. The van der Waals surface area contributed by atoms with Crippen LogP contribution in [0.1, 0.15) is 18.1 Å². The molecule has 1 fully saturated rings. The number of para-hydroxylation sites is 1. The van der Waals surface area contributed by atoms with E-state index in [1.807, 2.05) is 31.2 Å². The highest BCUT2D eigenvalue weighted by atomic mass is 127. The van der Waals surface area contributed by atoms with Crippen LogP contribution in [0.15, 0.2) is 70.7 Å².